The molecule has 0 spiro atoms. The van der Waals surface area contributed by atoms with Gasteiger partial charge in [0.05, 0.1) is 16.9 Å². The van der Waals surface area contributed by atoms with E-state index in [4.69, 9.17) is 0 Å². The smallest absolute Gasteiger partial charge is 0.273 e. The zero-order valence-electron chi connectivity index (χ0n) is 25.0. The summed E-state index contributed by atoms with van der Waals surface area (Å²) in [6, 6.07) is 21.9. The number of fused-ring (bicyclic) bond motifs is 1. The summed E-state index contributed by atoms with van der Waals surface area (Å²) >= 11 is 0. The molecular weight excluding hydrogens is 554 g/mol. The maximum absolute atomic E-state index is 13.3. The number of H-pyrrole nitrogens is 1. The van der Waals surface area contributed by atoms with Crippen molar-refractivity contribution in [2.75, 3.05) is 43.4 Å². The molecule has 224 valence electrons. The lowest BCUT2D eigenvalue weighted by Gasteiger charge is -2.34. The number of rotatable bonds is 8. The molecular formula is C34H35N7O3. The van der Waals surface area contributed by atoms with Gasteiger partial charge in [-0.3, -0.25) is 19.3 Å². The fraction of sp³-hybridized carbons (Fsp3) is 0.235. The van der Waals surface area contributed by atoms with Crippen molar-refractivity contribution in [3.8, 4) is 5.88 Å². The minimum atomic E-state index is -0.259. The minimum Gasteiger partial charge on any atom is -0.494 e. The zero-order chi connectivity index (χ0) is 30.8. The van der Waals surface area contributed by atoms with Gasteiger partial charge in [0.15, 0.2) is 11.7 Å². The van der Waals surface area contributed by atoms with Crippen molar-refractivity contribution in [3.63, 3.8) is 0 Å². The largest absolute Gasteiger partial charge is 0.494 e. The number of aromatic hydroxyl groups is 1. The van der Waals surface area contributed by atoms with Crippen LogP contribution in [0.15, 0.2) is 77.8 Å². The summed E-state index contributed by atoms with van der Waals surface area (Å²) in [6.45, 7) is 8.47. The van der Waals surface area contributed by atoms with Crippen molar-refractivity contribution in [3.05, 3.63) is 101 Å². The molecule has 10 heteroatoms. The molecule has 3 aromatic carbocycles. The first-order chi connectivity index (χ1) is 21.3. The Kier molecular flexibility index (Phi) is 7.99. The topological polar surface area (TPSA) is 119 Å². The van der Waals surface area contributed by atoms with Gasteiger partial charge in [-0.05, 0) is 81.6 Å². The summed E-state index contributed by atoms with van der Waals surface area (Å²) in [5, 5.41) is 18.6. The van der Waals surface area contributed by atoms with Crippen molar-refractivity contribution < 1.29 is 14.7 Å². The molecule has 3 N–H and O–H groups in total. The van der Waals surface area contributed by atoms with Gasteiger partial charge in [-0.15, -0.1) is 0 Å². The summed E-state index contributed by atoms with van der Waals surface area (Å²) in [6.07, 6.45) is 1.64. The van der Waals surface area contributed by atoms with E-state index in [1.165, 1.54) is 5.69 Å². The molecule has 1 fully saturated rings. The molecule has 3 heterocycles. The molecule has 0 aliphatic carbocycles. The lowest BCUT2D eigenvalue weighted by atomic mass is 10.0. The molecule has 1 saturated heterocycles. The number of piperazine rings is 1. The molecule has 1 aliphatic rings. The number of likely N-dealkylation sites (N-methyl/N-ethyl adjacent to an activating group) is 1. The highest BCUT2D eigenvalue weighted by Gasteiger charge is 2.17. The number of aromatic amines is 1. The first kappa shape index (κ1) is 28.9. The number of aromatic nitrogens is 3. The Labute approximate surface area is 255 Å². The first-order valence-electron chi connectivity index (χ1n) is 14.7. The fourth-order valence-corrected chi connectivity index (χ4v) is 5.47. The number of carbonyl (C=O) groups excluding carboxylic acids is 2. The predicted molar refractivity (Wildman–Crippen MR) is 174 cm³/mol. The molecule has 5 aromatic rings. The lowest BCUT2D eigenvalue weighted by Crippen LogP contribution is -2.44. The van der Waals surface area contributed by atoms with Crippen LogP contribution in [0, 0.1) is 6.92 Å². The Morgan fingerprint density at radius 1 is 0.977 bits per heavy atom. The second-order valence-electron chi connectivity index (χ2n) is 11.1. The molecule has 44 heavy (non-hydrogen) atoms. The van der Waals surface area contributed by atoms with E-state index in [1.54, 1.807) is 53.4 Å². The van der Waals surface area contributed by atoms with E-state index in [0.717, 1.165) is 42.9 Å². The van der Waals surface area contributed by atoms with Crippen molar-refractivity contribution in [1.29, 1.82) is 0 Å². The standard InChI is InChI=1S/C34H35N7O3/c1-4-41-31(19-22(2)38-41)34(44)36-26-8-5-23(6-9-26)32(42)24-7-14-28-29(33(43)37-30(28)20-24)21-35-25-10-12-27(13-11-25)40-17-15-39(3)16-18-40/h5-14,19-21,37,43H,4,15-18H2,1-3H3,(H,36,44). The van der Waals surface area contributed by atoms with E-state index in [1.807, 2.05) is 32.0 Å². The third kappa shape index (κ3) is 5.97. The number of nitrogens with one attached hydrogen (secondary N) is 2. The molecule has 10 nitrogen and oxygen atoms in total. The molecule has 6 rings (SSSR count). The predicted octanol–water partition coefficient (Wildman–Crippen LogP) is 5.38. The highest BCUT2D eigenvalue weighted by Crippen LogP contribution is 2.29. The van der Waals surface area contributed by atoms with Crippen molar-refractivity contribution >= 4 is 45.9 Å². The SMILES string of the molecule is CCn1nc(C)cc1C(=O)Nc1ccc(C(=O)c2ccc3c(C=Nc4ccc(N5CCN(C)CC5)cc4)c(O)[nH]c3c2)cc1. The first-order valence-corrected chi connectivity index (χ1v) is 14.7. The van der Waals surface area contributed by atoms with Gasteiger partial charge in [-0.2, -0.15) is 5.10 Å². The number of hydrogen-bond acceptors (Lipinski definition) is 7. The molecule has 0 saturated carbocycles. The highest BCUT2D eigenvalue weighted by atomic mass is 16.3. The summed E-state index contributed by atoms with van der Waals surface area (Å²) in [5.41, 5.74) is 5.94. The van der Waals surface area contributed by atoms with Crippen LogP contribution in [0.2, 0.25) is 0 Å². The maximum atomic E-state index is 13.3. The minimum absolute atomic E-state index is 0.0119. The monoisotopic (exact) mass is 589 g/mol. The Morgan fingerprint density at radius 2 is 1.68 bits per heavy atom. The van der Waals surface area contributed by atoms with Crippen LogP contribution >= 0.6 is 0 Å². The van der Waals surface area contributed by atoms with E-state index < -0.39 is 0 Å². The van der Waals surface area contributed by atoms with Gasteiger partial charge in [-0.25, -0.2) is 0 Å². The number of hydrogen-bond donors (Lipinski definition) is 3. The zero-order valence-corrected chi connectivity index (χ0v) is 25.0. The van der Waals surface area contributed by atoms with Crippen LogP contribution in [0.4, 0.5) is 17.1 Å². The number of carbonyl (C=O) groups is 2. The number of amides is 1. The van der Waals surface area contributed by atoms with E-state index in [0.29, 0.717) is 40.1 Å². The van der Waals surface area contributed by atoms with Crippen LogP contribution in [-0.4, -0.2) is 75.9 Å². The quantitative estimate of drug-likeness (QED) is 0.165. The normalized spacial score (nSPS) is 14.0. The second-order valence-corrected chi connectivity index (χ2v) is 11.1. The second kappa shape index (κ2) is 12.2. The number of benzene rings is 3. The molecule has 1 amide bonds. The van der Waals surface area contributed by atoms with E-state index in [9.17, 15) is 14.7 Å². The van der Waals surface area contributed by atoms with Crippen LogP contribution in [-0.2, 0) is 6.54 Å². The van der Waals surface area contributed by atoms with Crippen LogP contribution in [0.1, 0.15) is 44.6 Å². The van der Waals surface area contributed by atoms with E-state index in [-0.39, 0.29) is 17.6 Å². The van der Waals surface area contributed by atoms with Gasteiger partial charge >= 0.3 is 0 Å². The molecule has 2 aromatic heterocycles. The highest BCUT2D eigenvalue weighted by molar-refractivity contribution is 6.12. The van der Waals surface area contributed by atoms with Gasteiger partial charge in [0, 0.05) is 72.3 Å². The van der Waals surface area contributed by atoms with Crippen LogP contribution < -0.4 is 10.2 Å². The van der Waals surface area contributed by atoms with Crippen molar-refractivity contribution in [1.82, 2.24) is 19.7 Å². The summed E-state index contributed by atoms with van der Waals surface area (Å²) in [4.78, 5) is 38.3. The lowest BCUT2D eigenvalue weighted by molar-refractivity contribution is 0.101. The summed E-state index contributed by atoms with van der Waals surface area (Å²) < 4.78 is 1.65. The van der Waals surface area contributed by atoms with Gasteiger partial charge in [0.1, 0.15) is 5.69 Å². The Morgan fingerprint density at radius 3 is 2.39 bits per heavy atom. The average Bonchev–Trinajstić information content (AvgIpc) is 3.58. The molecule has 0 radical (unpaired) electrons. The number of anilines is 2. The summed E-state index contributed by atoms with van der Waals surface area (Å²) in [5.74, 6) is -0.443. The van der Waals surface area contributed by atoms with Gasteiger partial charge in [-0.1, -0.05) is 12.1 Å². The van der Waals surface area contributed by atoms with E-state index in [2.05, 4.69) is 49.4 Å². The van der Waals surface area contributed by atoms with Crippen molar-refractivity contribution in [2.24, 2.45) is 4.99 Å². The molecule has 1 aliphatic heterocycles. The third-order valence-electron chi connectivity index (χ3n) is 7.98. The Bertz CT molecular complexity index is 1840. The van der Waals surface area contributed by atoms with Crippen molar-refractivity contribution in [2.45, 2.75) is 20.4 Å². The Balaban J connectivity index is 1.14. The number of aryl methyl sites for hydroxylation is 2. The third-order valence-corrected chi connectivity index (χ3v) is 7.98. The van der Waals surface area contributed by atoms with Crippen LogP contribution in [0.25, 0.3) is 10.9 Å². The Hall–Kier alpha value is -5.22. The average molecular weight is 590 g/mol. The maximum Gasteiger partial charge on any atom is 0.273 e. The van der Waals surface area contributed by atoms with Gasteiger partial charge < -0.3 is 25.2 Å². The number of ketones is 1. The number of nitrogens with zero attached hydrogens (tertiary/aromatic N) is 5. The van der Waals surface area contributed by atoms with Crippen LogP contribution in [0.5, 0.6) is 5.88 Å². The molecule has 0 unspecified atom stereocenters. The van der Waals surface area contributed by atoms with Gasteiger partial charge in [0.25, 0.3) is 5.91 Å². The number of aliphatic imine (C=N–C) groups is 1. The summed E-state index contributed by atoms with van der Waals surface area (Å²) in [7, 11) is 2.14. The fourth-order valence-electron chi connectivity index (χ4n) is 5.47. The molecule has 0 atom stereocenters. The van der Waals surface area contributed by atoms with E-state index >= 15 is 0 Å². The molecule has 0 bridgehead atoms. The van der Waals surface area contributed by atoms with Crippen LogP contribution in [0.3, 0.4) is 0 Å². The van der Waals surface area contributed by atoms with Gasteiger partial charge in [0.2, 0.25) is 0 Å².